The molecular weight excluding hydrogens is 452 g/mol. The third-order valence-corrected chi connectivity index (χ3v) is 6.17. The monoisotopic (exact) mass is 476 g/mol. The zero-order valence-electron chi connectivity index (χ0n) is 19.1. The number of fused-ring (bicyclic) bond motifs is 1. The molecule has 2 aliphatic rings. The topological polar surface area (TPSA) is 150 Å². The van der Waals surface area contributed by atoms with Crippen LogP contribution in [0.15, 0.2) is 30.7 Å². The van der Waals surface area contributed by atoms with Crippen molar-refractivity contribution >= 4 is 34.4 Å². The van der Waals surface area contributed by atoms with Gasteiger partial charge in [0.15, 0.2) is 6.61 Å². The number of aromatic nitrogens is 4. The highest BCUT2D eigenvalue weighted by Crippen LogP contribution is 2.33. The summed E-state index contributed by atoms with van der Waals surface area (Å²) in [6.07, 6.45) is 6.43. The summed E-state index contributed by atoms with van der Waals surface area (Å²) in [5.41, 5.74) is 1.19. The van der Waals surface area contributed by atoms with E-state index >= 15 is 0 Å². The van der Waals surface area contributed by atoms with Crippen molar-refractivity contribution in [2.75, 3.05) is 29.9 Å². The first-order valence-electron chi connectivity index (χ1n) is 11.3. The molecular formula is C23H24N8O4. The lowest BCUT2D eigenvalue weighted by atomic mass is 10.2. The van der Waals surface area contributed by atoms with Crippen molar-refractivity contribution in [3.8, 4) is 11.8 Å². The summed E-state index contributed by atoms with van der Waals surface area (Å²) < 4.78 is 7.13. The first-order valence-corrected chi connectivity index (χ1v) is 11.3. The van der Waals surface area contributed by atoms with E-state index in [2.05, 4.69) is 20.4 Å². The van der Waals surface area contributed by atoms with Crippen molar-refractivity contribution in [2.24, 2.45) is 7.05 Å². The summed E-state index contributed by atoms with van der Waals surface area (Å²) in [4.78, 5) is 36.7. The zero-order valence-corrected chi connectivity index (χ0v) is 19.1. The number of anilines is 2. The van der Waals surface area contributed by atoms with E-state index in [1.807, 2.05) is 17.2 Å². The van der Waals surface area contributed by atoms with Crippen LogP contribution in [0, 0.1) is 11.3 Å². The maximum Gasteiger partial charge on any atom is 0.407 e. The van der Waals surface area contributed by atoms with E-state index in [4.69, 9.17) is 10.00 Å². The molecule has 1 saturated heterocycles. The first kappa shape index (κ1) is 22.4. The predicted octanol–water partition coefficient (Wildman–Crippen LogP) is 2.24. The Labute approximate surface area is 200 Å². The third kappa shape index (κ3) is 4.65. The normalized spacial score (nSPS) is 17.3. The summed E-state index contributed by atoms with van der Waals surface area (Å²) in [6.45, 7) is 1.05. The van der Waals surface area contributed by atoms with E-state index in [-0.39, 0.29) is 24.4 Å². The lowest BCUT2D eigenvalue weighted by Gasteiger charge is -2.26. The summed E-state index contributed by atoms with van der Waals surface area (Å²) in [5.74, 6) is 0.455. The molecule has 1 saturated carbocycles. The molecule has 35 heavy (non-hydrogen) atoms. The summed E-state index contributed by atoms with van der Waals surface area (Å²) in [7, 11) is 1.79. The number of hydrogen-bond acceptors (Lipinski definition) is 8. The molecule has 0 radical (unpaired) electrons. The number of ether oxygens (including phenoxy) is 1. The number of aryl methyl sites for hydroxylation is 1. The fourth-order valence-electron chi connectivity index (χ4n) is 4.43. The van der Waals surface area contributed by atoms with E-state index in [1.54, 1.807) is 28.8 Å². The largest absolute Gasteiger partial charge is 0.476 e. The van der Waals surface area contributed by atoms with Crippen molar-refractivity contribution in [1.29, 1.82) is 5.26 Å². The van der Waals surface area contributed by atoms with Crippen LogP contribution in [0.5, 0.6) is 5.75 Å². The number of carboxylic acid groups (broad SMARTS) is 1. The maximum absolute atomic E-state index is 12.9. The van der Waals surface area contributed by atoms with Gasteiger partial charge in [-0.25, -0.2) is 14.8 Å². The summed E-state index contributed by atoms with van der Waals surface area (Å²) >= 11 is 0. The van der Waals surface area contributed by atoms with Crippen molar-refractivity contribution in [3.63, 3.8) is 0 Å². The van der Waals surface area contributed by atoms with Gasteiger partial charge in [0, 0.05) is 43.8 Å². The molecule has 3 heterocycles. The molecule has 12 nitrogen and oxygen atoms in total. The van der Waals surface area contributed by atoms with Gasteiger partial charge in [-0.15, -0.1) is 0 Å². The molecule has 1 aliphatic heterocycles. The molecule has 2 fully saturated rings. The molecule has 0 bridgehead atoms. The fraction of sp³-hybridized carbons (Fsp3) is 0.391. The number of nitrogens with one attached hydrogen (secondary N) is 1. The lowest BCUT2D eigenvalue weighted by Crippen LogP contribution is -2.42. The third-order valence-electron chi connectivity index (χ3n) is 6.17. The Kier molecular flexibility index (Phi) is 5.82. The van der Waals surface area contributed by atoms with Crippen LogP contribution in [0.25, 0.3) is 10.9 Å². The molecule has 1 atom stereocenters. The van der Waals surface area contributed by atoms with Crippen molar-refractivity contribution < 1.29 is 19.4 Å². The number of nitrogens with zero attached hydrogens (tertiary/aromatic N) is 7. The number of nitriles is 1. The Hall–Kier alpha value is -4.40. The van der Waals surface area contributed by atoms with E-state index < -0.39 is 12.0 Å². The van der Waals surface area contributed by atoms with Gasteiger partial charge in [0.2, 0.25) is 0 Å². The molecule has 1 aliphatic carbocycles. The van der Waals surface area contributed by atoms with Gasteiger partial charge in [0.05, 0.1) is 29.6 Å². The Balaban J connectivity index is 1.28. The van der Waals surface area contributed by atoms with Gasteiger partial charge in [0.25, 0.3) is 5.91 Å². The van der Waals surface area contributed by atoms with Gasteiger partial charge in [0.1, 0.15) is 23.3 Å². The smallest absolute Gasteiger partial charge is 0.407 e. The van der Waals surface area contributed by atoms with Crippen LogP contribution in [0.4, 0.5) is 16.3 Å². The molecule has 0 spiro atoms. The minimum Gasteiger partial charge on any atom is -0.476 e. The van der Waals surface area contributed by atoms with Crippen molar-refractivity contribution in [3.05, 3.63) is 36.4 Å². The Bertz CT molecular complexity index is 1310. The van der Waals surface area contributed by atoms with Gasteiger partial charge in [-0.1, -0.05) is 0 Å². The number of hydrogen-bond donors (Lipinski definition) is 2. The fourth-order valence-corrected chi connectivity index (χ4v) is 4.43. The van der Waals surface area contributed by atoms with Crippen molar-refractivity contribution in [1.82, 2.24) is 24.6 Å². The van der Waals surface area contributed by atoms with E-state index in [0.717, 1.165) is 24.6 Å². The molecule has 1 aromatic carbocycles. The second-order valence-electron chi connectivity index (χ2n) is 8.68. The molecule has 1 unspecified atom stereocenters. The average molecular weight is 476 g/mol. The Morgan fingerprint density at radius 2 is 2.09 bits per heavy atom. The highest BCUT2D eigenvalue weighted by molar-refractivity contribution is 6.04. The van der Waals surface area contributed by atoms with Crippen LogP contribution in [0.1, 0.15) is 29.8 Å². The Morgan fingerprint density at radius 3 is 2.77 bits per heavy atom. The van der Waals surface area contributed by atoms with Gasteiger partial charge in [-0.05, 0) is 25.3 Å². The molecule has 12 heteroatoms. The highest BCUT2D eigenvalue weighted by Gasteiger charge is 2.40. The zero-order chi connectivity index (χ0) is 24.5. The predicted molar refractivity (Wildman–Crippen MR) is 125 cm³/mol. The number of carbonyl (C=O) groups excluding carboxylic acids is 1. The number of benzene rings is 1. The van der Waals surface area contributed by atoms with Gasteiger partial charge in [-0.2, -0.15) is 10.4 Å². The lowest BCUT2D eigenvalue weighted by molar-refractivity contribution is 0.102. The minimum atomic E-state index is -0.875. The van der Waals surface area contributed by atoms with Crippen LogP contribution in [0.3, 0.4) is 0 Å². The van der Waals surface area contributed by atoms with Crippen LogP contribution in [-0.4, -0.2) is 73.5 Å². The number of rotatable bonds is 7. The van der Waals surface area contributed by atoms with Gasteiger partial charge < -0.3 is 25.0 Å². The molecule has 5 rings (SSSR count). The maximum atomic E-state index is 12.9. The molecule has 2 amide bonds. The highest BCUT2D eigenvalue weighted by atomic mass is 16.5. The Morgan fingerprint density at radius 1 is 1.26 bits per heavy atom. The standard InChI is InChI=1S/C23H24N8O4/c1-29-12-14-8-18(20(35-7-5-24)9-17(14)28-29)27-22(32)19-10-26-21(11-25-19)30-6-4-16(13-30)31(23(33)34)15-2-3-15/h8-12,15-16H,2-4,6-7,13H2,1H3,(H,27,32)(H,33,34). The summed E-state index contributed by atoms with van der Waals surface area (Å²) in [6, 6.07) is 5.37. The molecule has 180 valence electrons. The second kappa shape index (κ2) is 9.09. The van der Waals surface area contributed by atoms with Crippen LogP contribution < -0.4 is 15.0 Å². The number of carbonyl (C=O) groups is 2. The van der Waals surface area contributed by atoms with Gasteiger partial charge in [-0.3, -0.25) is 9.48 Å². The van der Waals surface area contributed by atoms with Crippen molar-refractivity contribution in [2.45, 2.75) is 31.3 Å². The molecule has 2 aromatic heterocycles. The first-order chi connectivity index (χ1) is 16.9. The van der Waals surface area contributed by atoms with E-state index in [1.165, 1.54) is 12.4 Å². The minimum absolute atomic E-state index is 0.0704. The average Bonchev–Trinajstić information content (AvgIpc) is 3.42. The molecule has 2 N–H and O–H groups in total. The van der Waals surface area contributed by atoms with E-state index in [9.17, 15) is 14.7 Å². The van der Waals surface area contributed by atoms with Crippen LogP contribution in [-0.2, 0) is 7.05 Å². The van der Waals surface area contributed by atoms with Crippen LogP contribution >= 0.6 is 0 Å². The SMILES string of the molecule is Cn1cc2cc(NC(=O)c3cnc(N4CCC(N(C(=O)O)C5CC5)C4)cn3)c(OCC#N)cc2n1. The van der Waals surface area contributed by atoms with E-state index in [0.29, 0.717) is 35.9 Å². The van der Waals surface area contributed by atoms with Crippen LogP contribution in [0.2, 0.25) is 0 Å². The number of amides is 2. The second-order valence-corrected chi connectivity index (χ2v) is 8.68. The van der Waals surface area contributed by atoms with Gasteiger partial charge >= 0.3 is 6.09 Å². The summed E-state index contributed by atoms with van der Waals surface area (Å²) in [5, 5.41) is 26.3. The molecule has 3 aromatic rings. The quantitative estimate of drug-likeness (QED) is 0.523.